The van der Waals surface area contributed by atoms with Gasteiger partial charge in [0.1, 0.15) is 23.7 Å². The van der Waals surface area contributed by atoms with E-state index in [1.807, 2.05) is 19.2 Å². The van der Waals surface area contributed by atoms with E-state index in [0.29, 0.717) is 30.8 Å². The fourth-order valence-electron chi connectivity index (χ4n) is 3.25. The molecule has 0 aliphatic rings. The third-order valence-electron chi connectivity index (χ3n) is 4.60. The van der Waals surface area contributed by atoms with E-state index in [1.54, 1.807) is 19.1 Å². The van der Waals surface area contributed by atoms with E-state index in [1.165, 1.54) is 17.2 Å². The van der Waals surface area contributed by atoms with Crippen molar-refractivity contribution >= 4 is 11.0 Å². The summed E-state index contributed by atoms with van der Waals surface area (Å²) >= 11 is 0. The summed E-state index contributed by atoms with van der Waals surface area (Å²) < 4.78 is 11.2. The minimum absolute atomic E-state index is 0.123. The van der Waals surface area contributed by atoms with E-state index in [-0.39, 0.29) is 5.75 Å². The molecule has 0 fully saturated rings. The SMILES string of the molecule is Cc1cc(C)cc(OCCN(C)Cc2cc(=O)oc3c(C)c(O)ccc23)c1. The van der Waals surface area contributed by atoms with Crippen LogP contribution >= 0.6 is 0 Å². The lowest BCUT2D eigenvalue weighted by molar-refractivity contribution is 0.233. The van der Waals surface area contributed by atoms with Crippen LogP contribution in [0.3, 0.4) is 0 Å². The molecule has 0 amide bonds. The largest absolute Gasteiger partial charge is 0.508 e. The number of benzene rings is 2. The molecule has 5 heteroatoms. The average Bonchev–Trinajstić information content (AvgIpc) is 2.57. The van der Waals surface area contributed by atoms with Crippen LogP contribution in [0.15, 0.2) is 45.6 Å². The molecule has 0 atom stereocenters. The zero-order valence-corrected chi connectivity index (χ0v) is 16.2. The molecular formula is C22H25NO4. The maximum atomic E-state index is 11.9. The fourth-order valence-corrected chi connectivity index (χ4v) is 3.25. The summed E-state index contributed by atoms with van der Waals surface area (Å²) in [6.45, 7) is 7.70. The Balaban J connectivity index is 1.70. The Labute approximate surface area is 158 Å². The van der Waals surface area contributed by atoms with Crippen molar-refractivity contribution < 1.29 is 14.3 Å². The molecule has 0 unspecified atom stereocenters. The Kier molecular flexibility index (Phi) is 5.51. The number of phenols is 1. The molecule has 1 heterocycles. The van der Waals surface area contributed by atoms with Crippen LogP contribution in [0.1, 0.15) is 22.3 Å². The number of aromatic hydroxyl groups is 1. The molecule has 0 saturated heterocycles. The Morgan fingerprint density at radius 2 is 1.78 bits per heavy atom. The van der Waals surface area contributed by atoms with Gasteiger partial charge in [-0.2, -0.15) is 0 Å². The van der Waals surface area contributed by atoms with Gasteiger partial charge in [-0.05, 0) is 68.8 Å². The van der Waals surface area contributed by atoms with Crippen molar-refractivity contribution in [2.45, 2.75) is 27.3 Å². The van der Waals surface area contributed by atoms with Gasteiger partial charge in [0.05, 0.1) is 0 Å². The second-order valence-corrected chi connectivity index (χ2v) is 7.09. The molecule has 0 bridgehead atoms. The van der Waals surface area contributed by atoms with Crippen molar-refractivity contribution in [1.82, 2.24) is 4.90 Å². The van der Waals surface area contributed by atoms with Crippen molar-refractivity contribution in [3.63, 3.8) is 0 Å². The van der Waals surface area contributed by atoms with E-state index in [2.05, 4.69) is 24.8 Å². The van der Waals surface area contributed by atoms with E-state index in [0.717, 1.165) is 16.7 Å². The highest BCUT2D eigenvalue weighted by molar-refractivity contribution is 5.84. The lowest BCUT2D eigenvalue weighted by atomic mass is 10.1. The summed E-state index contributed by atoms with van der Waals surface area (Å²) in [5.74, 6) is 0.996. The zero-order valence-electron chi connectivity index (χ0n) is 16.2. The standard InChI is InChI=1S/C22H25NO4/c1-14-9-15(2)11-18(10-14)26-8-7-23(4)13-17-12-21(25)27-22-16(3)20(24)6-5-19(17)22/h5-6,9-12,24H,7-8,13H2,1-4H3. The maximum absolute atomic E-state index is 11.9. The molecule has 0 spiro atoms. The average molecular weight is 367 g/mol. The van der Waals surface area contributed by atoms with Crippen molar-refractivity contribution in [2.75, 3.05) is 20.2 Å². The number of hydrogen-bond acceptors (Lipinski definition) is 5. The van der Waals surface area contributed by atoms with Crippen LogP contribution in [0.4, 0.5) is 0 Å². The van der Waals surface area contributed by atoms with Crippen molar-refractivity contribution in [2.24, 2.45) is 0 Å². The first-order valence-corrected chi connectivity index (χ1v) is 8.98. The molecule has 0 aliphatic heterocycles. The number of aryl methyl sites for hydroxylation is 3. The third kappa shape index (κ3) is 4.49. The van der Waals surface area contributed by atoms with Crippen LogP contribution in [0, 0.1) is 20.8 Å². The van der Waals surface area contributed by atoms with Gasteiger partial charge in [-0.3, -0.25) is 4.90 Å². The first-order valence-electron chi connectivity index (χ1n) is 8.98. The number of nitrogens with zero attached hydrogens (tertiary/aromatic N) is 1. The smallest absolute Gasteiger partial charge is 0.336 e. The van der Waals surface area contributed by atoms with Gasteiger partial charge in [0.25, 0.3) is 0 Å². The second-order valence-electron chi connectivity index (χ2n) is 7.09. The minimum atomic E-state index is -0.411. The molecule has 0 radical (unpaired) electrons. The molecular weight excluding hydrogens is 342 g/mol. The highest BCUT2D eigenvalue weighted by Gasteiger charge is 2.12. The van der Waals surface area contributed by atoms with Crippen molar-refractivity contribution in [1.29, 1.82) is 0 Å². The van der Waals surface area contributed by atoms with Crippen LogP contribution in [0.2, 0.25) is 0 Å². The van der Waals surface area contributed by atoms with Gasteiger partial charge >= 0.3 is 5.63 Å². The predicted molar refractivity (Wildman–Crippen MR) is 107 cm³/mol. The topological polar surface area (TPSA) is 62.9 Å². The van der Waals surface area contributed by atoms with E-state index < -0.39 is 5.63 Å². The van der Waals surface area contributed by atoms with Crippen molar-refractivity contribution in [3.8, 4) is 11.5 Å². The van der Waals surface area contributed by atoms with Gasteiger partial charge < -0.3 is 14.3 Å². The summed E-state index contributed by atoms with van der Waals surface area (Å²) in [6, 6.07) is 11.1. The van der Waals surface area contributed by atoms with Gasteiger partial charge in [-0.1, -0.05) is 6.07 Å². The van der Waals surface area contributed by atoms with E-state index in [4.69, 9.17) is 9.15 Å². The Morgan fingerprint density at radius 3 is 2.48 bits per heavy atom. The number of hydrogen-bond donors (Lipinski definition) is 1. The van der Waals surface area contributed by atoms with E-state index in [9.17, 15) is 9.90 Å². The van der Waals surface area contributed by atoms with E-state index >= 15 is 0 Å². The highest BCUT2D eigenvalue weighted by Crippen LogP contribution is 2.27. The zero-order chi connectivity index (χ0) is 19.6. The third-order valence-corrected chi connectivity index (χ3v) is 4.60. The number of fused-ring (bicyclic) bond motifs is 1. The quantitative estimate of drug-likeness (QED) is 0.669. The molecule has 1 N–H and O–H groups in total. The maximum Gasteiger partial charge on any atom is 0.336 e. The van der Waals surface area contributed by atoms with Crippen LogP contribution < -0.4 is 10.4 Å². The molecule has 3 aromatic rings. The predicted octanol–water partition coefficient (Wildman–Crippen LogP) is 3.93. The molecule has 1 aromatic heterocycles. The molecule has 0 aliphatic carbocycles. The van der Waals surface area contributed by atoms with Crippen LogP contribution in [-0.2, 0) is 6.54 Å². The lowest BCUT2D eigenvalue weighted by Gasteiger charge is -2.18. The Bertz CT molecular complexity index is 1000. The van der Waals surface area contributed by atoms with Crippen LogP contribution in [-0.4, -0.2) is 30.2 Å². The monoisotopic (exact) mass is 367 g/mol. The second kappa shape index (κ2) is 7.84. The van der Waals surface area contributed by atoms with Gasteiger partial charge in [0.15, 0.2) is 0 Å². The molecule has 0 saturated carbocycles. The summed E-state index contributed by atoms with van der Waals surface area (Å²) in [7, 11) is 1.98. The van der Waals surface area contributed by atoms with Crippen LogP contribution in [0.5, 0.6) is 11.5 Å². The fraction of sp³-hybridized carbons (Fsp3) is 0.318. The molecule has 142 valence electrons. The number of ether oxygens (including phenoxy) is 1. The number of phenolic OH excluding ortho intramolecular Hbond substituents is 1. The number of likely N-dealkylation sites (N-methyl/N-ethyl adjacent to an activating group) is 1. The molecule has 27 heavy (non-hydrogen) atoms. The lowest BCUT2D eigenvalue weighted by Crippen LogP contribution is -2.24. The first kappa shape index (κ1) is 19.0. The minimum Gasteiger partial charge on any atom is -0.508 e. The van der Waals surface area contributed by atoms with Gasteiger partial charge in [0, 0.05) is 30.1 Å². The highest BCUT2D eigenvalue weighted by atomic mass is 16.5. The molecule has 2 aromatic carbocycles. The van der Waals surface area contributed by atoms with Gasteiger partial charge in [-0.25, -0.2) is 4.79 Å². The molecule has 5 nitrogen and oxygen atoms in total. The first-order chi connectivity index (χ1) is 12.8. The van der Waals surface area contributed by atoms with Crippen molar-refractivity contribution in [3.05, 3.63) is 69.1 Å². The Morgan fingerprint density at radius 1 is 1.07 bits per heavy atom. The van der Waals surface area contributed by atoms with Crippen LogP contribution in [0.25, 0.3) is 11.0 Å². The summed E-state index contributed by atoms with van der Waals surface area (Å²) in [5, 5.41) is 10.7. The normalized spacial score (nSPS) is 11.3. The summed E-state index contributed by atoms with van der Waals surface area (Å²) in [6.07, 6.45) is 0. The summed E-state index contributed by atoms with van der Waals surface area (Å²) in [5.41, 5.74) is 3.84. The molecule has 3 rings (SSSR count). The number of rotatable bonds is 6. The van der Waals surface area contributed by atoms with Gasteiger partial charge in [0.2, 0.25) is 0 Å². The Hall–Kier alpha value is -2.79. The summed E-state index contributed by atoms with van der Waals surface area (Å²) in [4.78, 5) is 14.0. The van der Waals surface area contributed by atoms with Gasteiger partial charge in [-0.15, -0.1) is 0 Å².